The average Bonchev–Trinajstić information content (AvgIpc) is 2.51. The van der Waals surface area contributed by atoms with Gasteiger partial charge in [0.15, 0.2) is 0 Å². The zero-order chi connectivity index (χ0) is 12.8. The van der Waals surface area contributed by atoms with E-state index in [0.29, 0.717) is 6.42 Å². The summed E-state index contributed by atoms with van der Waals surface area (Å²) < 4.78 is 5.10. The Balaban J connectivity index is 0.00000106. The second kappa shape index (κ2) is 6.74. The molecular weight excluding hydrogens is 206 g/mol. The minimum Gasteiger partial charge on any atom is -0.444 e. The number of hydrogen-bond acceptors (Lipinski definition) is 3. The molecule has 2 unspecified atom stereocenters. The number of amides is 1. The van der Waals surface area contributed by atoms with Crippen LogP contribution >= 0.6 is 0 Å². The summed E-state index contributed by atoms with van der Waals surface area (Å²) in [6.07, 6.45) is 1.58. The van der Waals surface area contributed by atoms with Gasteiger partial charge in [-0.05, 0) is 40.0 Å². The van der Waals surface area contributed by atoms with Gasteiger partial charge in [0.25, 0.3) is 0 Å². The number of aliphatic hydroxyl groups excluding tert-OH is 1. The number of rotatable bonds is 1. The summed E-state index contributed by atoms with van der Waals surface area (Å²) in [4.78, 5) is 11.3. The van der Waals surface area contributed by atoms with E-state index in [-0.39, 0.29) is 12.1 Å². The molecule has 4 heteroatoms. The van der Waals surface area contributed by atoms with Gasteiger partial charge in [-0.3, -0.25) is 0 Å². The van der Waals surface area contributed by atoms with Crippen LogP contribution in [-0.2, 0) is 4.74 Å². The molecule has 0 spiro atoms. The first-order valence-corrected chi connectivity index (χ1v) is 6.04. The zero-order valence-corrected chi connectivity index (χ0v) is 11.0. The first kappa shape index (κ1) is 15.2. The van der Waals surface area contributed by atoms with Gasteiger partial charge in [-0.1, -0.05) is 13.8 Å². The minimum absolute atomic E-state index is 0.0693. The molecule has 0 aliphatic heterocycles. The van der Waals surface area contributed by atoms with E-state index in [1.165, 1.54) is 0 Å². The molecule has 16 heavy (non-hydrogen) atoms. The number of nitrogens with one attached hydrogen (secondary N) is 1. The van der Waals surface area contributed by atoms with Crippen LogP contribution in [0.4, 0.5) is 4.79 Å². The number of alkyl carbamates (subject to hydrolysis) is 1. The average molecular weight is 231 g/mol. The second-order valence-corrected chi connectivity index (χ2v) is 4.81. The molecule has 1 saturated carbocycles. The topological polar surface area (TPSA) is 58.6 Å². The van der Waals surface area contributed by atoms with Gasteiger partial charge in [0, 0.05) is 6.04 Å². The fraction of sp³-hybridized carbons (Fsp3) is 0.917. The van der Waals surface area contributed by atoms with Gasteiger partial charge >= 0.3 is 6.09 Å². The Morgan fingerprint density at radius 2 is 1.88 bits per heavy atom. The quantitative estimate of drug-likeness (QED) is 0.728. The Morgan fingerprint density at radius 3 is 2.25 bits per heavy atom. The summed E-state index contributed by atoms with van der Waals surface area (Å²) in [5.41, 5.74) is -0.457. The molecule has 0 aromatic rings. The largest absolute Gasteiger partial charge is 0.444 e. The maximum absolute atomic E-state index is 11.3. The maximum atomic E-state index is 11.3. The summed E-state index contributed by atoms with van der Waals surface area (Å²) >= 11 is 0. The van der Waals surface area contributed by atoms with Gasteiger partial charge in [0.1, 0.15) is 5.60 Å². The van der Waals surface area contributed by atoms with Crippen LogP contribution in [0.3, 0.4) is 0 Å². The van der Waals surface area contributed by atoms with Crippen LogP contribution in [0.25, 0.3) is 0 Å². The SMILES string of the molecule is CC.CC(C)(C)OC(=O)NC1CCC(O)C1. The molecule has 0 aromatic carbocycles. The fourth-order valence-electron chi connectivity index (χ4n) is 1.56. The summed E-state index contributed by atoms with van der Waals surface area (Å²) in [6, 6.07) is 0.0693. The normalized spacial score (nSPS) is 24.4. The molecule has 2 atom stereocenters. The van der Waals surface area contributed by atoms with E-state index in [9.17, 15) is 9.90 Å². The van der Waals surface area contributed by atoms with Gasteiger partial charge in [-0.25, -0.2) is 4.79 Å². The highest BCUT2D eigenvalue weighted by Gasteiger charge is 2.26. The van der Waals surface area contributed by atoms with E-state index >= 15 is 0 Å². The van der Waals surface area contributed by atoms with Crippen LogP contribution in [0, 0.1) is 0 Å². The van der Waals surface area contributed by atoms with Crippen LogP contribution in [0.1, 0.15) is 53.9 Å². The smallest absolute Gasteiger partial charge is 0.407 e. The van der Waals surface area contributed by atoms with Crippen molar-refractivity contribution < 1.29 is 14.6 Å². The van der Waals surface area contributed by atoms with E-state index < -0.39 is 11.7 Å². The number of carbonyl (C=O) groups excluding carboxylic acids is 1. The lowest BCUT2D eigenvalue weighted by atomic mass is 10.2. The number of ether oxygens (including phenoxy) is 1. The lowest BCUT2D eigenvalue weighted by Gasteiger charge is -2.21. The van der Waals surface area contributed by atoms with Gasteiger partial charge in [0.05, 0.1) is 6.10 Å². The third-order valence-corrected chi connectivity index (χ3v) is 2.13. The maximum Gasteiger partial charge on any atom is 0.407 e. The van der Waals surface area contributed by atoms with Crippen molar-refractivity contribution in [3.8, 4) is 0 Å². The molecule has 1 amide bonds. The molecule has 0 bridgehead atoms. The number of carbonyl (C=O) groups is 1. The Bertz CT molecular complexity index is 211. The van der Waals surface area contributed by atoms with Crippen LogP contribution in [-0.4, -0.2) is 28.9 Å². The third-order valence-electron chi connectivity index (χ3n) is 2.13. The van der Waals surface area contributed by atoms with Crippen molar-refractivity contribution in [3.63, 3.8) is 0 Å². The molecule has 2 N–H and O–H groups in total. The molecule has 0 heterocycles. The first-order valence-electron chi connectivity index (χ1n) is 6.04. The first-order chi connectivity index (χ1) is 7.37. The van der Waals surface area contributed by atoms with Crippen LogP contribution < -0.4 is 5.32 Å². The summed E-state index contributed by atoms with van der Waals surface area (Å²) in [5, 5.41) is 12.0. The molecular formula is C12H25NO3. The van der Waals surface area contributed by atoms with E-state index in [2.05, 4.69) is 5.32 Å². The van der Waals surface area contributed by atoms with Gasteiger partial charge in [0.2, 0.25) is 0 Å². The van der Waals surface area contributed by atoms with Crippen molar-refractivity contribution in [1.29, 1.82) is 0 Å². The summed E-state index contributed by atoms with van der Waals surface area (Å²) in [6.45, 7) is 9.49. The predicted octanol–water partition coefficient (Wildman–Crippen LogP) is 2.45. The van der Waals surface area contributed by atoms with Crippen LogP contribution in [0.2, 0.25) is 0 Å². The molecule has 0 saturated heterocycles. The Hall–Kier alpha value is -0.770. The second-order valence-electron chi connectivity index (χ2n) is 4.81. The zero-order valence-electron chi connectivity index (χ0n) is 11.0. The van der Waals surface area contributed by atoms with E-state index in [1.54, 1.807) is 0 Å². The Kier molecular flexibility index (Phi) is 6.41. The van der Waals surface area contributed by atoms with Crippen molar-refractivity contribution >= 4 is 6.09 Å². The lowest BCUT2D eigenvalue weighted by molar-refractivity contribution is 0.0502. The molecule has 1 aliphatic rings. The highest BCUT2D eigenvalue weighted by Crippen LogP contribution is 2.19. The van der Waals surface area contributed by atoms with E-state index in [4.69, 9.17) is 4.74 Å². The monoisotopic (exact) mass is 231 g/mol. The molecule has 1 fully saturated rings. The van der Waals surface area contributed by atoms with Gasteiger partial charge in [-0.2, -0.15) is 0 Å². The number of aliphatic hydroxyl groups is 1. The molecule has 1 aliphatic carbocycles. The summed E-state index contributed by atoms with van der Waals surface area (Å²) in [5.74, 6) is 0. The lowest BCUT2D eigenvalue weighted by Crippen LogP contribution is -2.38. The highest BCUT2D eigenvalue weighted by molar-refractivity contribution is 5.68. The van der Waals surface area contributed by atoms with Crippen LogP contribution in [0.5, 0.6) is 0 Å². The van der Waals surface area contributed by atoms with Crippen molar-refractivity contribution in [2.24, 2.45) is 0 Å². The highest BCUT2D eigenvalue weighted by atomic mass is 16.6. The van der Waals surface area contributed by atoms with Gasteiger partial charge in [-0.15, -0.1) is 0 Å². The van der Waals surface area contributed by atoms with Crippen molar-refractivity contribution in [3.05, 3.63) is 0 Å². The Labute approximate surface area is 98.4 Å². The van der Waals surface area contributed by atoms with Crippen LogP contribution in [0.15, 0.2) is 0 Å². The standard InChI is InChI=1S/C10H19NO3.C2H6/c1-10(2,3)14-9(13)11-7-4-5-8(12)6-7;1-2/h7-8,12H,4-6H2,1-3H3,(H,11,13);1-2H3. The predicted molar refractivity (Wildman–Crippen MR) is 64.4 cm³/mol. The third kappa shape index (κ3) is 6.67. The van der Waals surface area contributed by atoms with Crippen molar-refractivity contribution in [1.82, 2.24) is 5.32 Å². The molecule has 0 aromatic heterocycles. The Morgan fingerprint density at radius 1 is 1.31 bits per heavy atom. The molecule has 0 radical (unpaired) electrons. The van der Waals surface area contributed by atoms with Crippen molar-refractivity contribution in [2.45, 2.75) is 71.6 Å². The van der Waals surface area contributed by atoms with Gasteiger partial charge < -0.3 is 15.2 Å². The molecule has 1 rings (SSSR count). The molecule has 4 nitrogen and oxygen atoms in total. The molecule has 96 valence electrons. The van der Waals surface area contributed by atoms with E-state index in [0.717, 1.165) is 12.8 Å². The van der Waals surface area contributed by atoms with Crippen molar-refractivity contribution in [2.75, 3.05) is 0 Å². The van der Waals surface area contributed by atoms with E-state index in [1.807, 2.05) is 34.6 Å². The number of hydrogen-bond donors (Lipinski definition) is 2. The summed E-state index contributed by atoms with van der Waals surface area (Å²) in [7, 11) is 0. The fourth-order valence-corrected chi connectivity index (χ4v) is 1.56. The minimum atomic E-state index is -0.457.